The van der Waals surface area contributed by atoms with E-state index in [2.05, 4.69) is 5.32 Å². The van der Waals surface area contributed by atoms with Crippen LogP contribution in [0.2, 0.25) is 0 Å². The number of halogens is 2. The Morgan fingerprint density at radius 1 is 1.40 bits per heavy atom. The van der Waals surface area contributed by atoms with Gasteiger partial charge in [0.2, 0.25) is 0 Å². The van der Waals surface area contributed by atoms with Gasteiger partial charge in [-0.15, -0.1) is 0 Å². The summed E-state index contributed by atoms with van der Waals surface area (Å²) in [5.41, 5.74) is 1.22. The van der Waals surface area contributed by atoms with E-state index in [1.807, 2.05) is 0 Å². The Hall–Kier alpha value is -0.960. The first kappa shape index (κ1) is 10.6. The minimum Gasteiger partial charge on any atom is -0.311 e. The van der Waals surface area contributed by atoms with Crippen molar-refractivity contribution in [1.29, 1.82) is 0 Å². The fourth-order valence-corrected chi connectivity index (χ4v) is 2.12. The molecule has 0 amide bonds. The zero-order chi connectivity index (χ0) is 10.8. The second-order valence-corrected chi connectivity index (χ2v) is 4.17. The molecule has 1 fully saturated rings. The lowest BCUT2D eigenvalue weighted by atomic mass is 10.0. The summed E-state index contributed by atoms with van der Waals surface area (Å²) in [5, 5.41) is 3.10. The molecule has 0 bridgehead atoms. The number of hydrogen-bond donors (Lipinski definition) is 1. The minimum absolute atomic E-state index is 0.147. The predicted molar refractivity (Wildman–Crippen MR) is 56.0 cm³/mol. The van der Waals surface area contributed by atoms with Crippen LogP contribution in [0.4, 0.5) is 8.78 Å². The van der Waals surface area contributed by atoms with Crippen LogP contribution >= 0.6 is 0 Å². The summed E-state index contributed by atoms with van der Waals surface area (Å²) in [5.74, 6) is -0.356. The predicted octanol–water partition coefficient (Wildman–Crippen LogP) is 2.90. The Balaban J connectivity index is 2.20. The van der Waals surface area contributed by atoms with Crippen LogP contribution in [0, 0.1) is 12.7 Å². The number of aryl methyl sites for hydroxylation is 1. The van der Waals surface area contributed by atoms with E-state index in [0.717, 1.165) is 24.9 Å². The maximum atomic E-state index is 14.0. The Bertz CT molecular complexity index is 325. The fraction of sp³-hybridized carbons (Fsp3) is 0.500. The van der Waals surface area contributed by atoms with Crippen molar-refractivity contribution in [3.05, 3.63) is 35.1 Å². The van der Waals surface area contributed by atoms with Crippen molar-refractivity contribution < 1.29 is 8.78 Å². The number of alkyl halides is 1. The van der Waals surface area contributed by atoms with E-state index in [0.29, 0.717) is 5.56 Å². The minimum atomic E-state index is -1.10. The molecule has 1 heterocycles. The quantitative estimate of drug-likeness (QED) is 0.793. The second-order valence-electron chi connectivity index (χ2n) is 4.17. The van der Waals surface area contributed by atoms with E-state index < -0.39 is 6.17 Å². The zero-order valence-corrected chi connectivity index (χ0v) is 8.76. The van der Waals surface area contributed by atoms with E-state index in [1.54, 1.807) is 13.0 Å². The van der Waals surface area contributed by atoms with Crippen molar-refractivity contribution in [2.45, 2.75) is 32.0 Å². The Kier molecular flexibility index (Phi) is 3.00. The molecule has 1 aromatic carbocycles. The van der Waals surface area contributed by atoms with Crippen LogP contribution in [0.5, 0.6) is 0 Å². The van der Waals surface area contributed by atoms with E-state index in [1.165, 1.54) is 12.1 Å². The van der Waals surface area contributed by atoms with Crippen molar-refractivity contribution >= 4 is 0 Å². The SMILES string of the molecule is Cc1cc(F)cc(C(F)C2CCCN2)c1. The molecule has 1 aliphatic heterocycles. The third-order valence-corrected chi connectivity index (χ3v) is 2.83. The second kappa shape index (κ2) is 4.27. The highest BCUT2D eigenvalue weighted by atomic mass is 19.1. The van der Waals surface area contributed by atoms with Crippen LogP contribution < -0.4 is 5.32 Å². The number of rotatable bonds is 2. The molecule has 0 aliphatic carbocycles. The van der Waals surface area contributed by atoms with E-state index in [-0.39, 0.29) is 11.9 Å². The van der Waals surface area contributed by atoms with Crippen molar-refractivity contribution in [2.75, 3.05) is 6.54 Å². The summed E-state index contributed by atoms with van der Waals surface area (Å²) >= 11 is 0. The molecule has 1 saturated heterocycles. The summed E-state index contributed by atoms with van der Waals surface area (Å²) in [7, 11) is 0. The number of hydrogen-bond acceptors (Lipinski definition) is 1. The zero-order valence-electron chi connectivity index (χ0n) is 8.76. The van der Waals surface area contributed by atoms with Gasteiger partial charge in [0.05, 0.1) is 0 Å². The van der Waals surface area contributed by atoms with E-state index in [9.17, 15) is 8.78 Å². The maximum absolute atomic E-state index is 14.0. The van der Waals surface area contributed by atoms with Gasteiger partial charge in [-0.05, 0) is 49.6 Å². The van der Waals surface area contributed by atoms with Crippen LogP contribution in [0.25, 0.3) is 0 Å². The molecule has 2 atom stereocenters. The van der Waals surface area contributed by atoms with Gasteiger partial charge in [0.25, 0.3) is 0 Å². The topological polar surface area (TPSA) is 12.0 Å². The Morgan fingerprint density at radius 3 is 2.80 bits per heavy atom. The van der Waals surface area contributed by atoms with Gasteiger partial charge in [0, 0.05) is 6.04 Å². The Morgan fingerprint density at radius 2 is 2.20 bits per heavy atom. The summed E-state index contributed by atoms with van der Waals surface area (Å²) in [6.45, 7) is 2.64. The van der Waals surface area contributed by atoms with Crippen LogP contribution in [0.3, 0.4) is 0 Å². The smallest absolute Gasteiger partial charge is 0.140 e. The van der Waals surface area contributed by atoms with Gasteiger partial charge in [-0.1, -0.05) is 6.07 Å². The normalized spacial score (nSPS) is 23.0. The molecule has 1 aromatic rings. The average Bonchev–Trinajstić information content (AvgIpc) is 2.67. The van der Waals surface area contributed by atoms with Gasteiger partial charge < -0.3 is 5.32 Å². The molecule has 0 radical (unpaired) electrons. The lowest BCUT2D eigenvalue weighted by Gasteiger charge is -2.16. The lowest BCUT2D eigenvalue weighted by Crippen LogP contribution is -2.26. The Labute approximate surface area is 88.5 Å². The molecule has 2 unspecified atom stereocenters. The van der Waals surface area contributed by atoms with Crippen LogP contribution in [0.1, 0.15) is 30.1 Å². The largest absolute Gasteiger partial charge is 0.311 e. The summed E-state index contributed by atoms with van der Waals surface area (Å²) in [6.07, 6.45) is 0.734. The molecule has 1 nitrogen and oxygen atoms in total. The fourth-order valence-electron chi connectivity index (χ4n) is 2.12. The summed E-state index contributed by atoms with van der Waals surface area (Å²) in [4.78, 5) is 0. The maximum Gasteiger partial charge on any atom is 0.140 e. The van der Waals surface area contributed by atoms with Crippen LogP contribution in [-0.2, 0) is 0 Å². The first-order chi connectivity index (χ1) is 7.16. The van der Waals surface area contributed by atoms with Crippen LogP contribution in [0.15, 0.2) is 18.2 Å². The highest BCUT2D eigenvalue weighted by Crippen LogP contribution is 2.27. The summed E-state index contributed by atoms with van der Waals surface area (Å²) in [6, 6.07) is 4.27. The average molecular weight is 211 g/mol. The van der Waals surface area contributed by atoms with Crippen molar-refractivity contribution in [1.82, 2.24) is 5.32 Å². The van der Waals surface area contributed by atoms with Gasteiger partial charge in [-0.25, -0.2) is 8.78 Å². The molecular formula is C12H15F2N. The first-order valence-corrected chi connectivity index (χ1v) is 5.31. The monoisotopic (exact) mass is 211 g/mol. The highest BCUT2D eigenvalue weighted by Gasteiger charge is 2.25. The van der Waals surface area contributed by atoms with Crippen LogP contribution in [-0.4, -0.2) is 12.6 Å². The van der Waals surface area contributed by atoms with Gasteiger partial charge in [-0.2, -0.15) is 0 Å². The number of nitrogens with one attached hydrogen (secondary N) is 1. The van der Waals surface area contributed by atoms with Gasteiger partial charge in [-0.3, -0.25) is 0 Å². The molecule has 82 valence electrons. The third kappa shape index (κ3) is 2.34. The van der Waals surface area contributed by atoms with Crippen molar-refractivity contribution in [3.63, 3.8) is 0 Å². The molecule has 1 aliphatic rings. The molecule has 0 aromatic heterocycles. The molecular weight excluding hydrogens is 196 g/mol. The standard InChI is InChI=1S/C12H15F2N/c1-8-5-9(7-10(13)6-8)12(14)11-3-2-4-15-11/h5-7,11-12,15H,2-4H2,1H3. The van der Waals surface area contributed by atoms with Crippen molar-refractivity contribution in [2.24, 2.45) is 0 Å². The third-order valence-electron chi connectivity index (χ3n) is 2.83. The molecule has 1 N–H and O–H groups in total. The molecule has 2 rings (SSSR count). The van der Waals surface area contributed by atoms with Gasteiger partial charge in [0.15, 0.2) is 0 Å². The van der Waals surface area contributed by atoms with Gasteiger partial charge >= 0.3 is 0 Å². The van der Waals surface area contributed by atoms with Gasteiger partial charge in [0.1, 0.15) is 12.0 Å². The van der Waals surface area contributed by atoms with Crippen molar-refractivity contribution in [3.8, 4) is 0 Å². The highest BCUT2D eigenvalue weighted by molar-refractivity contribution is 5.26. The lowest BCUT2D eigenvalue weighted by molar-refractivity contribution is 0.270. The van der Waals surface area contributed by atoms with E-state index in [4.69, 9.17) is 0 Å². The molecule has 0 saturated carbocycles. The summed E-state index contributed by atoms with van der Waals surface area (Å²) < 4.78 is 27.1. The molecule has 15 heavy (non-hydrogen) atoms. The molecule has 3 heteroatoms. The molecule has 0 spiro atoms. The number of benzene rings is 1. The first-order valence-electron chi connectivity index (χ1n) is 5.31. The van der Waals surface area contributed by atoms with E-state index >= 15 is 0 Å².